The Kier molecular flexibility index (Phi) is 5.89. The first kappa shape index (κ1) is 19.4. The van der Waals surface area contributed by atoms with Gasteiger partial charge in [0.1, 0.15) is 6.10 Å². The van der Waals surface area contributed by atoms with Crippen LogP contribution in [0.3, 0.4) is 0 Å². The van der Waals surface area contributed by atoms with Gasteiger partial charge in [-0.05, 0) is 36.2 Å². The van der Waals surface area contributed by atoms with Crippen molar-refractivity contribution in [1.82, 2.24) is 5.32 Å². The van der Waals surface area contributed by atoms with E-state index in [1.165, 1.54) is 19.1 Å². The summed E-state index contributed by atoms with van der Waals surface area (Å²) >= 11 is 0. The van der Waals surface area contributed by atoms with Crippen LogP contribution in [0.15, 0.2) is 61.2 Å². The summed E-state index contributed by atoms with van der Waals surface area (Å²) in [5.74, 6) is -1.45. The van der Waals surface area contributed by atoms with E-state index >= 15 is 0 Å². The number of ether oxygens (including phenoxy) is 2. The number of fused-ring (bicyclic) bond motifs is 1. The molecule has 2 atom stereocenters. The number of benzene rings is 2. The van der Waals surface area contributed by atoms with Crippen molar-refractivity contribution < 1.29 is 23.9 Å². The number of carbonyl (C=O) groups is 3. The summed E-state index contributed by atoms with van der Waals surface area (Å²) in [6, 6.07) is 14.1. The topological polar surface area (TPSA) is 81.7 Å². The van der Waals surface area contributed by atoms with Gasteiger partial charge in [0.05, 0.1) is 11.1 Å². The molecular weight excluding hydrogens is 358 g/mol. The highest BCUT2D eigenvalue weighted by Crippen LogP contribution is 2.31. The summed E-state index contributed by atoms with van der Waals surface area (Å²) < 4.78 is 10.7. The van der Waals surface area contributed by atoms with Crippen LogP contribution >= 0.6 is 0 Å². The second-order valence-corrected chi connectivity index (χ2v) is 6.46. The van der Waals surface area contributed by atoms with Crippen LogP contribution < -0.4 is 5.32 Å². The van der Waals surface area contributed by atoms with Crippen molar-refractivity contribution in [1.29, 1.82) is 0 Å². The molecule has 0 spiro atoms. The lowest BCUT2D eigenvalue weighted by molar-refractivity contribution is -0.128. The predicted octanol–water partition coefficient (Wildman–Crippen LogP) is 2.99. The first-order valence-electron chi connectivity index (χ1n) is 8.98. The molecule has 6 heteroatoms. The van der Waals surface area contributed by atoms with Crippen LogP contribution in [0.1, 0.15) is 44.9 Å². The number of nitrogens with one attached hydrogen (secondary N) is 1. The number of esters is 2. The molecule has 0 aliphatic carbocycles. The Morgan fingerprint density at radius 3 is 2.75 bits per heavy atom. The zero-order valence-electron chi connectivity index (χ0n) is 15.5. The third kappa shape index (κ3) is 4.28. The monoisotopic (exact) mass is 379 g/mol. The van der Waals surface area contributed by atoms with Crippen molar-refractivity contribution in [2.45, 2.75) is 25.6 Å². The average Bonchev–Trinajstić information content (AvgIpc) is 2.72. The van der Waals surface area contributed by atoms with Gasteiger partial charge in [0.15, 0.2) is 6.10 Å². The lowest BCUT2D eigenvalue weighted by Gasteiger charge is -2.25. The highest BCUT2D eigenvalue weighted by Gasteiger charge is 2.28. The van der Waals surface area contributed by atoms with E-state index in [2.05, 4.69) is 11.9 Å². The van der Waals surface area contributed by atoms with E-state index in [4.69, 9.17) is 9.47 Å². The minimum atomic E-state index is -0.939. The average molecular weight is 379 g/mol. The Bertz CT molecular complexity index is 906. The van der Waals surface area contributed by atoms with Crippen LogP contribution in [-0.4, -0.2) is 30.5 Å². The van der Waals surface area contributed by atoms with Gasteiger partial charge < -0.3 is 14.8 Å². The lowest BCUT2D eigenvalue weighted by atomic mass is 9.93. The molecule has 144 valence electrons. The minimum Gasteiger partial charge on any atom is -0.454 e. The summed E-state index contributed by atoms with van der Waals surface area (Å²) in [4.78, 5) is 36.6. The molecule has 0 bridgehead atoms. The molecule has 0 saturated heterocycles. The molecule has 6 nitrogen and oxygen atoms in total. The van der Waals surface area contributed by atoms with Gasteiger partial charge in [-0.2, -0.15) is 0 Å². The van der Waals surface area contributed by atoms with Gasteiger partial charge in [-0.15, -0.1) is 6.58 Å². The highest BCUT2D eigenvalue weighted by atomic mass is 16.6. The fourth-order valence-electron chi connectivity index (χ4n) is 2.97. The third-order valence-electron chi connectivity index (χ3n) is 4.46. The van der Waals surface area contributed by atoms with E-state index in [9.17, 15) is 14.4 Å². The number of amides is 1. The standard InChI is InChI=1S/C22H21NO5/c1-3-11-23-20(24)14(2)27-21(25)16-9-10-18-17(12-16)13-19(28-22(18)26)15-7-5-4-6-8-15/h3-10,12,14,19H,1,11,13H2,2H3,(H,23,24)/t14-,19-/m1/s1. The highest BCUT2D eigenvalue weighted by molar-refractivity contribution is 5.96. The normalized spacial score (nSPS) is 16.3. The lowest BCUT2D eigenvalue weighted by Crippen LogP contribution is -2.35. The number of carbonyl (C=O) groups excluding carboxylic acids is 3. The summed E-state index contributed by atoms with van der Waals surface area (Å²) in [5.41, 5.74) is 2.31. The second-order valence-electron chi connectivity index (χ2n) is 6.46. The van der Waals surface area contributed by atoms with E-state index < -0.39 is 30.1 Å². The molecule has 28 heavy (non-hydrogen) atoms. The number of hydrogen-bond acceptors (Lipinski definition) is 5. The zero-order valence-corrected chi connectivity index (χ0v) is 15.5. The van der Waals surface area contributed by atoms with Crippen LogP contribution in [0.2, 0.25) is 0 Å². The summed E-state index contributed by atoms with van der Waals surface area (Å²) in [6.45, 7) is 5.31. The van der Waals surface area contributed by atoms with E-state index in [1.807, 2.05) is 30.3 Å². The molecule has 1 amide bonds. The molecule has 1 aliphatic rings. The van der Waals surface area contributed by atoms with Crippen molar-refractivity contribution in [3.63, 3.8) is 0 Å². The van der Waals surface area contributed by atoms with Crippen molar-refractivity contribution in [2.75, 3.05) is 6.54 Å². The number of rotatable bonds is 6. The van der Waals surface area contributed by atoms with Crippen molar-refractivity contribution in [3.05, 3.63) is 83.4 Å². The van der Waals surface area contributed by atoms with E-state index in [-0.39, 0.29) is 5.56 Å². The van der Waals surface area contributed by atoms with Gasteiger partial charge in [-0.25, -0.2) is 9.59 Å². The Morgan fingerprint density at radius 1 is 1.29 bits per heavy atom. The first-order chi connectivity index (χ1) is 13.5. The molecule has 0 fully saturated rings. The van der Waals surface area contributed by atoms with Crippen molar-refractivity contribution >= 4 is 17.8 Å². The molecule has 0 aromatic heterocycles. The van der Waals surface area contributed by atoms with E-state index in [0.29, 0.717) is 24.1 Å². The minimum absolute atomic E-state index is 0.281. The Morgan fingerprint density at radius 2 is 2.04 bits per heavy atom. The largest absolute Gasteiger partial charge is 0.454 e. The summed E-state index contributed by atoms with van der Waals surface area (Å²) in [5, 5.41) is 2.57. The van der Waals surface area contributed by atoms with Crippen LogP contribution in [0, 0.1) is 0 Å². The van der Waals surface area contributed by atoms with Gasteiger partial charge >= 0.3 is 11.9 Å². The predicted molar refractivity (Wildman–Crippen MR) is 103 cm³/mol. The molecule has 3 rings (SSSR count). The van der Waals surface area contributed by atoms with Gasteiger partial charge in [0.2, 0.25) is 0 Å². The Balaban J connectivity index is 1.75. The second kappa shape index (κ2) is 8.52. The zero-order chi connectivity index (χ0) is 20.1. The van der Waals surface area contributed by atoms with Gasteiger partial charge in [0, 0.05) is 13.0 Å². The van der Waals surface area contributed by atoms with E-state index in [1.54, 1.807) is 12.1 Å². The molecule has 1 heterocycles. The summed E-state index contributed by atoms with van der Waals surface area (Å²) in [6.07, 6.45) is 0.654. The van der Waals surface area contributed by atoms with Gasteiger partial charge in [0.25, 0.3) is 5.91 Å². The Labute approximate surface area is 163 Å². The number of hydrogen-bond donors (Lipinski definition) is 1. The van der Waals surface area contributed by atoms with Crippen LogP contribution in [0.25, 0.3) is 0 Å². The maximum absolute atomic E-state index is 12.4. The van der Waals surface area contributed by atoms with Crippen molar-refractivity contribution in [3.8, 4) is 0 Å². The fraction of sp³-hybridized carbons (Fsp3) is 0.227. The fourth-order valence-corrected chi connectivity index (χ4v) is 2.97. The molecule has 0 unspecified atom stereocenters. The quantitative estimate of drug-likeness (QED) is 0.616. The van der Waals surface area contributed by atoms with E-state index in [0.717, 1.165) is 5.56 Å². The Hall–Kier alpha value is -3.41. The van der Waals surface area contributed by atoms with Crippen LogP contribution in [-0.2, 0) is 20.7 Å². The molecular formula is C22H21NO5. The smallest absolute Gasteiger partial charge is 0.339 e. The molecule has 2 aromatic carbocycles. The third-order valence-corrected chi connectivity index (χ3v) is 4.46. The van der Waals surface area contributed by atoms with Gasteiger partial charge in [-0.3, -0.25) is 4.79 Å². The van der Waals surface area contributed by atoms with Crippen LogP contribution in [0.5, 0.6) is 0 Å². The molecule has 2 aromatic rings. The van der Waals surface area contributed by atoms with Crippen molar-refractivity contribution in [2.24, 2.45) is 0 Å². The first-order valence-corrected chi connectivity index (χ1v) is 8.98. The maximum Gasteiger partial charge on any atom is 0.339 e. The number of cyclic esters (lactones) is 1. The van der Waals surface area contributed by atoms with Gasteiger partial charge in [-0.1, -0.05) is 36.4 Å². The SMILES string of the molecule is C=CCNC(=O)[C@@H](C)OC(=O)c1ccc2c(c1)C[C@H](c1ccccc1)OC2=O. The molecule has 0 saturated carbocycles. The maximum atomic E-state index is 12.4. The van der Waals surface area contributed by atoms with Crippen LogP contribution in [0.4, 0.5) is 0 Å². The molecule has 1 N–H and O–H groups in total. The molecule has 1 aliphatic heterocycles. The molecule has 0 radical (unpaired) electrons. The summed E-state index contributed by atoms with van der Waals surface area (Å²) in [7, 11) is 0.